The molecule has 1 aromatic heterocycles. The highest BCUT2D eigenvalue weighted by Crippen LogP contribution is 2.32. The van der Waals surface area contributed by atoms with Crippen LogP contribution in [0.25, 0.3) is 0 Å². The molecule has 1 aliphatic rings. The largest absolute Gasteiger partial charge is 0.465 e. The standard InChI is InChI=1S/C18H23F3N6O2/c1-3-29-16(28)12-27-17(22-23-24-27)13(2)25-7-9-26(10-8-25)15-6-4-5-14(11-15)18(19,20)21/h4-6,11,13H,3,7-10,12H2,1-2H3. The zero-order valence-corrected chi connectivity index (χ0v) is 16.3. The maximum Gasteiger partial charge on any atom is 0.416 e. The number of nitrogens with zero attached hydrogens (tertiary/aromatic N) is 6. The first-order valence-corrected chi connectivity index (χ1v) is 9.37. The molecule has 2 aromatic rings. The van der Waals surface area contributed by atoms with Crippen molar-refractivity contribution in [2.24, 2.45) is 0 Å². The third-order valence-electron chi connectivity index (χ3n) is 4.92. The fourth-order valence-corrected chi connectivity index (χ4v) is 3.36. The maximum absolute atomic E-state index is 13.0. The minimum absolute atomic E-state index is 0.0648. The van der Waals surface area contributed by atoms with E-state index in [1.807, 2.05) is 11.8 Å². The molecule has 3 rings (SSSR count). The van der Waals surface area contributed by atoms with Crippen LogP contribution >= 0.6 is 0 Å². The fourth-order valence-electron chi connectivity index (χ4n) is 3.36. The van der Waals surface area contributed by atoms with Crippen molar-refractivity contribution in [2.45, 2.75) is 32.6 Å². The number of benzene rings is 1. The molecule has 0 amide bonds. The highest BCUT2D eigenvalue weighted by atomic mass is 19.4. The van der Waals surface area contributed by atoms with Crippen LogP contribution < -0.4 is 4.90 Å². The fraction of sp³-hybridized carbons (Fsp3) is 0.556. The van der Waals surface area contributed by atoms with Gasteiger partial charge in [-0.2, -0.15) is 13.2 Å². The van der Waals surface area contributed by atoms with Gasteiger partial charge < -0.3 is 9.64 Å². The van der Waals surface area contributed by atoms with Crippen molar-refractivity contribution in [2.75, 3.05) is 37.7 Å². The number of piperazine rings is 1. The minimum Gasteiger partial charge on any atom is -0.465 e. The number of aromatic nitrogens is 4. The second-order valence-corrected chi connectivity index (χ2v) is 6.75. The molecule has 8 nitrogen and oxygen atoms in total. The van der Waals surface area contributed by atoms with Crippen molar-refractivity contribution >= 4 is 11.7 Å². The average Bonchev–Trinajstić information content (AvgIpc) is 3.15. The van der Waals surface area contributed by atoms with E-state index in [1.54, 1.807) is 13.0 Å². The number of carbonyl (C=O) groups excluding carboxylic acids is 1. The normalized spacial score (nSPS) is 16.7. The molecule has 1 saturated heterocycles. The van der Waals surface area contributed by atoms with Crippen LogP contribution in [0.4, 0.5) is 18.9 Å². The average molecular weight is 412 g/mol. The second-order valence-electron chi connectivity index (χ2n) is 6.75. The molecule has 158 valence electrons. The molecule has 0 N–H and O–H groups in total. The van der Waals surface area contributed by atoms with Gasteiger partial charge in [-0.3, -0.25) is 9.69 Å². The zero-order chi connectivity index (χ0) is 21.0. The van der Waals surface area contributed by atoms with Gasteiger partial charge in [0, 0.05) is 31.9 Å². The van der Waals surface area contributed by atoms with Gasteiger partial charge in [0.15, 0.2) is 5.82 Å². The Morgan fingerprint density at radius 2 is 1.97 bits per heavy atom. The van der Waals surface area contributed by atoms with E-state index in [-0.39, 0.29) is 19.2 Å². The highest BCUT2D eigenvalue weighted by molar-refractivity contribution is 5.69. The van der Waals surface area contributed by atoms with E-state index < -0.39 is 17.7 Å². The number of rotatable bonds is 6. The van der Waals surface area contributed by atoms with Crippen molar-refractivity contribution in [3.63, 3.8) is 0 Å². The Morgan fingerprint density at radius 1 is 1.24 bits per heavy atom. The van der Waals surface area contributed by atoms with Gasteiger partial charge in [0.05, 0.1) is 18.2 Å². The molecule has 1 fully saturated rings. The number of carbonyl (C=O) groups is 1. The number of hydrogen-bond donors (Lipinski definition) is 0. The quantitative estimate of drug-likeness (QED) is 0.673. The summed E-state index contributed by atoms with van der Waals surface area (Å²) in [5, 5.41) is 11.6. The summed E-state index contributed by atoms with van der Waals surface area (Å²) in [6.45, 7) is 6.29. The van der Waals surface area contributed by atoms with E-state index in [9.17, 15) is 18.0 Å². The van der Waals surface area contributed by atoms with E-state index in [2.05, 4.69) is 20.4 Å². The molecule has 1 unspecified atom stereocenters. The summed E-state index contributed by atoms with van der Waals surface area (Å²) >= 11 is 0. The Hall–Kier alpha value is -2.69. The van der Waals surface area contributed by atoms with Gasteiger partial charge in [0.1, 0.15) is 6.54 Å². The molecule has 2 heterocycles. The topological polar surface area (TPSA) is 76.4 Å². The maximum atomic E-state index is 13.0. The first-order chi connectivity index (χ1) is 13.8. The number of anilines is 1. The van der Waals surface area contributed by atoms with Gasteiger partial charge in [-0.25, -0.2) is 4.68 Å². The number of hydrogen-bond acceptors (Lipinski definition) is 7. The molecule has 11 heteroatoms. The third kappa shape index (κ3) is 5.03. The monoisotopic (exact) mass is 412 g/mol. The van der Waals surface area contributed by atoms with Gasteiger partial charge in [0.25, 0.3) is 0 Å². The van der Waals surface area contributed by atoms with Crippen molar-refractivity contribution in [1.29, 1.82) is 0 Å². The molecular weight excluding hydrogens is 389 g/mol. The van der Waals surface area contributed by atoms with Crippen LogP contribution in [0.2, 0.25) is 0 Å². The lowest BCUT2D eigenvalue weighted by atomic mass is 10.1. The van der Waals surface area contributed by atoms with Crippen LogP contribution in [0.15, 0.2) is 24.3 Å². The van der Waals surface area contributed by atoms with Crippen LogP contribution in [0.1, 0.15) is 31.3 Å². The molecule has 1 aliphatic heterocycles. The summed E-state index contributed by atoms with van der Waals surface area (Å²) in [5.41, 5.74) is -0.0942. The number of tetrazole rings is 1. The van der Waals surface area contributed by atoms with Crippen molar-refractivity contribution in [3.05, 3.63) is 35.7 Å². The Labute approximate surface area is 166 Å². The summed E-state index contributed by atoms with van der Waals surface area (Å²) in [6.07, 6.45) is -4.36. The minimum atomic E-state index is -4.36. The lowest BCUT2D eigenvalue weighted by Gasteiger charge is -2.38. The Morgan fingerprint density at radius 3 is 2.62 bits per heavy atom. The number of halogens is 3. The van der Waals surface area contributed by atoms with Crippen molar-refractivity contribution in [1.82, 2.24) is 25.1 Å². The summed E-state index contributed by atoms with van der Waals surface area (Å²) in [7, 11) is 0. The molecule has 0 saturated carbocycles. The molecule has 29 heavy (non-hydrogen) atoms. The number of alkyl halides is 3. The summed E-state index contributed by atoms with van der Waals surface area (Å²) < 4.78 is 45.2. The van der Waals surface area contributed by atoms with E-state index >= 15 is 0 Å². The van der Waals surface area contributed by atoms with E-state index in [1.165, 1.54) is 16.8 Å². The van der Waals surface area contributed by atoms with Crippen LogP contribution in [0, 0.1) is 0 Å². The SMILES string of the molecule is CCOC(=O)Cn1nnnc1C(C)N1CCN(c2cccc(C(F)(F)F)c2)CC1. The van der Waals surface area contributed by atoms with Gasteiger partial charge >= 0.3 is 12.1 Å². The third-order valence-corrected chi connectivity index (χ3v) is 4.92. The molecule has 0 radical (unpaired) electrons. The number of ether oxygens (including phenoxy) is 1. The Bertz CT molecular complexity index is 833. The van der Waals surface area contributed by atoms with Gasteiger partial charge in [0.2, 0.25) is 0 Å². The Balaban J connectivity index is 1.63. The van der Waals surface area contributed by atoms with E-state index in [0.29, 0.717) is 37.7 Å². The zero-order valence-electron chi connectivity index (χ0n) is 16.3. The summed E-state index contributed by atoms with van der Waals surface area (Å²) in [4.78, 5) is 15.8. The lowest BCUT2D eigenvalue weighted by Crippen LogP contribution is -2.47. The van der Waals surface area contributed by atoms with Gasteiger partial charge in [-0.1, -0.05) is 6.07 Å². The second kappa shape index (κ2) is 8.76. The van der Waals surface area contributed by atoms with Gasteiger partial charge in [-0.05, 0) is 42.5 Å². The van der Waals surface area contributed by atoms with Crippen molar-refractivity contribution in [3.8, 4) is 0 Å². The van der Waals surface area contributed by atoms with Crippen LogP contribution in [0.3, 0.4) is 0 Å². The molecule has 0 aliphatic carbocycles. The number of esters is 1. The van der Waals surface area contributed by atoms with E-state index in [4.69, 9.17) is 4.74 Å². The molecule has 0 bridgehead atoms. The molecular formula is C18H23F3N6O2. The van der Waals surface area contributed by atoms with Crippen LogP contribution in [-0.2, 0) is 22.3 Å². The first kappa shape index (κ1) is 21.0. The van der Waals surface area contributed by atoms with E-state index in [0.717, 1.165) is 6.07 Å². The molecule has 0 spiro atoms. The summed E-state index contributed by atoms with van der Waals surface area (Å²) in [5.74, 6) is 0.133. The predicted molar refractivity (Wildman–Crippen MR) is 98.1 cm³/mol. The lowest BCUT2D eigenvalue weighted by molar-refractivity contribution is -0.144. The van der Waals surface area contributed by atoms with Crippen LogP contribution in [0.5, 0.6) is 0 Å². The highest BCUT2D eigenvalue weighted by Gasteiger charge is 2.31. The molecule has 1 aromatic carbocycles. The summed E-state index contributed by atoms with van der Waals surface area (Å²) in [6, 6.07) is 5.22. The Kier molecular flexibility index (Phi) is 6.36. The van der Waals surface area contributed by atoms with Crippen LogP contribution in [-0.4, -0.2) is 63.9 Å². The predicted octanol–water partition coefficient (Wildman–Crippen LogP) is 2.14. The van der Waals surface area contributed by atoms with Crippen molar-refractivity contribution < 1.29 is 22.7 Å². The first-order valence-electron chi connectivity index (χ1n) is 9.37. The smallest absolute Gasteiger partial charge is 0.416 e. The molecule has 1 atom stereocenters. The van der Waals surface area contributed by atoms with Gasteiger partial charge in [-0.15, -0.1) is 5.10 Å².